The fraction of sp³-hybridized carbons (Fsp3) is 0. The third-order valence-electron chi connectivity index (χ3n) is 3.42. The van der Waals surface area contributed by atoms with Crippen LogP contribution in [0.4, 0.5) is 31.4 Å². The highest BCUT2D eigenvalue weighted by Gasteiger charge is 2.36. The lowest BCUT2D eigenvalue weighted by Crippen LogP contribution is -2.34. The van der Waals surface area contributed by atoms with Crippen molar-refractivity contribution in [2.24, 2.45) is 0 Å². The average molecular weight is 366 g/mol. The summed E-state index contributed by atoms with van der Waals surface area (Å²) in [5.41, 5.74) is 0.337. The Morgan fingerprint density at radius 3 is 2.88 bits per heavy atom. The average Bonchev–Trinajstić information content (AvgIpc) is 2.91. The van der Waals surface area contributed by atoms with Gasteiger partial charge in [0.25, 0.3) is 0 Å². The highest BCUT2D eigenvalue weighted by Crippen LogP contribution is 2.48. The molecule has 0 atom stereocenters. The molecule has 2 aromatic heterocycles. The first-order valence-electron chi connectivity index (χ1n) is 6.45. The van der Waals surface area contributed by atoms with Crippen molar-refractivity contribution in [2.45, 2.75) is 0 Å². The summed E-state index contributed by atoms with van der Waals surface area (Å²) < 4.78 is 13.4. The van der Waals surface area contributed by atoms with E-state index in [1.807, 2.05) is 0 Å². The third-order valence-corrected chi connectivity index (χ3v) is 4.76. The van der Waals surface area contributed by atoms with Crippen LogP contribution in [0.5, 0.6) is 0 Å². The number of hydrogen-bond donors (Lipinski definition) is 1. The third kappa shape index (κ3) is 2.00. The molecule has 1 aromatic carbocycles. The molecule has 1 aliphatic rings. The lowest BCUT2D eigenvalue weighted by molar-refractivity contribution is -0.379. The van der Waals surface area contributed by atoms with Crippen molar-refractivity contribution in [1.29, 1.82) is 0 Å². The summed E-state index contributed by atoms with van der Waals surface area (Å²) in [5, 5.41) is 13.6. The Bertz CT molecular complexity index is 1040. The van der Waals surface area contributed by atoms with Gasteiger partial charge in [0.1, 0.15) is 22.7 Å². The van der Waals surface area contributed by atoms with Crippen molar-refractivity contribution < 1.29 is 14.1 Å². The van der Waals surface area contributed by atoms with E-state index in [-0.39, 0.29) is 27.2 Å². The smallest absolute Gasteiger partial charge is 0.300 e. The Balaban J connectivity index is 1.99. The van der Waals surface area contributed by atoms with Crippen LogP contribution in [0.3, 0.4) is 0 Å². The van der Waals surface area contributed by atoms with Crippen LogP contribution in [-0.2, 0) is 0 Å². The van der Waals surface area contributed by atoms with Crippen LogP contribution in [0.15, 0.2) is 24.5 Å². The molecule has 0 fully saturated rings. The standard InChI is InChI=1S/C13H5ClFN5O3S/c14-6-3-5(1-2-7(6)15)19-10-8-9(18-13(19)21)12(20(22)23)24-11(8)17-4-16-10/h1-4H,(H,18,21). The normalized spacial score (nSPS) is 13.2. The van der Waals surface area contributed by atoms with Crippen molar-refractivity contribution in [3.8, 4) is 0 Å². The van der Waals surface area contributed by atoms with Crippen LogP contribution in [0.2, 0.25) is 5.02 Å². The number of carbonyl (C=O) groups excluding carboxylic acids is 1. The number of benzene rings is 1. The van der Waals surface area contributed by atoms with Crippen LogP contribution in [0.1, 0.15) is 0 Å². The van der Waals surface area contributed by atoms with E-state index in [0.29, 0.717) is 10.2 Å². The molecule has 24 heavy (non-hydrogen) atoms. The van der Waals surface area contributed by atoms with E-state index in [9.17, 15) is 19.3 Å². The molecule has 0 saturated heterocycles. The second kappa shape index (κ2) is 5.08. The molecule has 3 aromatic rings. The summed E-state index contributed by atoms with van der Waals surface area (Å²) >= 11 is 6.61. The number of halogens is 2. The molecule has 1 aliphatic heterocycles. The first kappa shape index (κ1) is 14.7. The first-order valence-corrected chi connectivity index (χ1v) is 7.65. The Hall–Kier alpha value is -2.85. The predicted molar refractivity (Wildman–Crippen MR) is 86.6 cm³/mol. The number of thiophene rings is 1. The zero-order valence-corrected chi connectivity index (χ0v) is 13.1. The number of amides is 2. The second-order valence-electron chi connectivity index (χ2n) is 4.78. The van der Waals surface area contributed by atoms with Gasteiger partial charge in [-0.15, -0.1) is 0 Å². The highest BCUT2D eigenvalue weighted by molar-refractivity contribution is 7.22. The highest BCUT2D eigenvalue weighted by atomic mass is 35.5. The molecule has 3 heterocycles. The summed E-state index contributed by atoms with van der Waals surface area (Å²) in [5.74, 6) is -0.455. The van der Waals surface area contributed by atoms with E-state index >= 15 is 0 Å². The number of urea groups is 1. The van der Waals surface area contributed by atoms with Gasteiger partial charge in [-0.25, -0.2) is 24.1 Å². The van der Waals surface area contributed by atoms with Gasteiger partial charge in [0.15, 0.2) is 5.82 Å². The van der Waals surface area contributed by atoms with Crippen molar-refractivity contribution >= 4 is 61.4 Å². The molecule has 11 heteroatoms. The topological polar surface area (TPSA) is 101 Å². The maximum absolute atomic E-state index is 13.4. The molecule has 0 bridgehead atoms. The van der Waals surface area contributed by atoms with Gasteiger partial charge in [-0.05, 0) is 29.5 Å². The molecule has 120 valence electrons. The van der Waals surface area contributed by atoms with Crippen molar-refractivity contribution in [3.05, 3.63) is 45.5 Å². The summed E-state index contributed by atoms with van der Waals surface area (Å²) in [6.45, 7) is 0. The van der Waals surface area contributed by atoms with Gasteiger partial charge in [-0.2, -0.15) is 0 Å². The molecule has 8 nitrogen and oxygen atoms in total. The zero-order chi connectivity index (χ0) is 17.0. The Kier molecular flexibility index (Phi) is 3.11. The second-order valence-corrected chi connectivity index (χ2v) is 6.17. The van der Waals surface area contributed by atoms with Gasteiger partial charge in [0, 0.05) is 0 Å². The van der Waals surface area contributed by atoms with Gasteiger partial charge in [-0.1, -0.05) is 11.6 Å². The number of nitro groups is 1. The van der Waals surface area contributed by atoms with E-state index in [0.717, 1.165) is 17.4 Å². The van der Waals surface area contributed by atoms with Crippen LogP contribution in [0, 0.1) is 15.9 Å². The number of carbonyl (C=O) groups is 1. The molecule has 0 radical (unpaired) electrons. The van der Waals surface area contributed by atoms with Gasteiger partial charge < -0.3 is 0 Å². The summed E-state index contributed by atoms with van der Waals surface area (Å²) in [4.78, 5) is 32.7. The van der Waals surface area contributed by atoms with E-state index in [2.05, 4.69) is 15.3 Å². The quantitative estimate of drug-likeness (QED) is 0.544. The molecule has 4 rings (SSSR count). The first-order chi connectivity index (χ1) is 11.5. The van der Waals surface area contributed by atoms with E-state index < -0.39 is 16.8 Å². The predicted octanol–water partition coefficient (Wildman–Crippen LogP) is 4.08. The lowest BCUT2D eigenvalue weighted by atomic mass is 10.2. The zero-order valence-electron chi connectivity index (χ0n) is 11.5. The van der Waals surface area contributed by atoms with E-state index in [1.165, 1.54) is 23.4 Å². The van der Waals surface area contributed by atoms with Crippen molar-refractivity contribution in [3.63, 3.8) is 0 Å². The van der Waals surface area contributed by atoms with E-state index in [1.54, 1.807) is 0 Å². The molecule has 0 saturated carbocycles. The molecule has 0 unspecified atom stereocenters. The number of rotatable bonds is 2. The van der Waals surface area contributed by atoms with Crippen LogP contribution < -0.4 is 10.2 Å². The monoisotopic (exact) mass is 365 g/mol. The van der Waals surface area contributed by atoms with Crippen molar-refractivity contribution in [1.82, 2.24) is 9.97 Å². The summed E-state index contributed by atoms with van der Waals surface area (Å²) in [7, 11) is 0. The molecular weight excluding hydrogens is 361 g/mol. The molecule has 0 aliphatic carbocycles. The maximum atomic E-state index is 13.4. The number of aromatic nitrogens is 2. The number of hydrogen-bond acceptors (Lipinski definition) is 6. The Morgan fingerprint density at radius 2 is 2.17 bits per heavy atom. The minimum Gasteiger partial charge on any atom is -0.300 e. The van der Waals surface area contributed by atoms with Crippen LogP contribution >= 0.6 is 22.9 Å². The van der Waals surface area contributed by atoms with Crippen molar-refractivity contribution in [2.75, 3.05) is 10.2 Å². The minimum atomic E-state index is -0.660. The van der Waals surface area contributed by atoms with Gasteiger partial charge >= 0.3 is 11.0 Å². The SMILES string of the molecule is O=C1Nc2c([N+](=O)[O-])sc3ncnc(c23)N1c1ccc(F)c(Cl)c1. The van der Waals surface area contributed by atoms with Gasteiger partial charge in [0.05, 0.1) is 21.0 Å². The molecule has 0 spiro atoms. The number of nitrogens with zero attached hydrogens (tertiary/aromatic N) is 4. The summed E-state index contributed by atoms with van der Waals surface area (Å²) in [6, 6.07) is 3.10. The van der Waals surface area contributed by atoms with Gasteiger partial charge in [-0.3, -0.25) is 15.4 Å². The molecular formula is C13H5ClFN5O3S. The van der Waals surface area contributed by atoms with Gasteiger partial charge in [0.2, 0.25) is 0 Å². The largest absolute Gasteiger partial charge is 0.350 e. The van der Waals surface area contributed by atoms with Crippen LogP contribution in [0.25, 0.3) is 10.2 Å². The fourth-order valence-corrected chi connectivity index (χ4v) is 3.53. The van der Waals surface area contributed by atoms with E-state index in [4.69, 9.17) is 11.6 Å². The molecule has 2 amide bonds. The lowest BCUT2D eigenvalue weighted by Gasteiger charge is -2.26. The number of anilines is 3. The Morgan fingerprint density at radius 1 is 1.38 bits per heavy atom. The minimum absolute atomic E-state index is 0.0602. The fourth-order valence-electron chi connectivity index (χ4n) is 2.44. The molecule has 1 N–H and O–H groups in total. The Labute approximate surface area is 141 Å². The number of nitrogens with one attached hydrogen (secondary N) is 1. The summed E-state index contributed by atoms with van der Waals surface area (Å²) in [6.07, 6.45) is 1.21. The van der Waals surface area contributed by atoms with Crippen LogP contribution in [-0.4, -0.2) is 20.9 Å². The maximum Gasteiger partial charge on any atom is 0.350 e.